The third-order valence-electron chi connectivity index (χ3n) is 4.82. The van der Waals surface area contributed by atoms with Crippen LogP contribution in [0.4, 0.5) is 0 Å². The summed E-state index contributed by atoms with van der Waals surface area (Å²) < 4.78 is 17.3. The highest BCUT2D eigenvalue weighted by Gasteiger charge is 2.50. The molecule has 5 nitrogen and oxygen atoms in total. The van der Waals surface area contributed by atoms with Crippen LogP contribution in [0.2, 0.25) is 0 Å². The molecule has 2 saturated heterocycles. The molecule has 1 amide bonds. The molecule has 3 heterocycles. The second-order valence-electron chi connectivity index (χ2n) is 6.65. The Morgan fingerprint density at radius 3 is 2.92 bits per heavy atom. The average Bonchev–Trinajstić information content (AvgIpc) is 2.84. The van der Waals surface area contributed by atoms with Crippen molar-refractivity contribution in [1.82, 2.24) is 4.90 Å². The minimum absolute atomic E-state index is 0.0803. The Morgan fingerprint density at radius 1 is 1.33 bits per heavy atom. The third kappa shape index (κ3) is 2.97. The first-order chi connectivity index (χ1) is 11.7. The number of fused-ring (bicyclic) bond motifs is 1. The number of likely N-dealkylation sites (tertiary alicyclic amines) is 1. The molecule has 1 atom stereocenters. The number of carbonyl (C=O) groups excluding carboxylic acids is 1. The molecule has 1 unspecified atom stereocenters. The van der Waals surface area contributed by atoms with Crippen molar-refractivity contribution < 1.29 is 19.0 Å². The van der Waals surface area contributed by atoms with Gasteiger partial charge in [0.05, 0.1) is 24.1 Å². The van der Waals surface area contributed by atoms with Crippen LogP contribution in [-0.4, -0.2) is 60.3 Å². The van der Waals surface area contributed by atoms with Gasteiger partial charge in [0.1, 0.15) is 0 Å². The van der Waals surface area contributed by atoms with Crippen molar-refractivity contribution in [3.8, 4) is 11.5 Å². The molecule has 4 rings (SSSR count). The van der Waals surface area contributed by atoms with E-state index in [4.69, 9.17) is 14.2 Å². The van der Waals surface area contributed by atoms with Gasteiger partial charge in [0, 0.05) is 37.4 Å². The standard InChI is InChI=1S/C18H23NO4S/c1-2-21-14-9-18(24-10-14)11-19(12-18)17(20)13-4-5-15-16(8-13)23-7-3-6-22-15/h4-5,8,14H,2-3,6-7,9-12H2,1H3. The van der Waals surface area contributed by atoms with Crippen LogP contribution in [0.3, 0.4) is 0 Å². The van der Waals surface area contributed by atoms with Gasteiger partial charge >= 0.3 is 0 Å². The van der Waals surface area contributed by atoms with Gasteiger partial charge in [-0.1, -0.05) is 0 Å². The van der Waals surface area contributed by atoms with Gasteiger partial charge in [0.2, 0.25) is 0 Å². The zero-order valence-corrected chi connectivity index (χ0v) is 14.8. The van der Waals surface area contributed by atoms with Gasteiger partial charge in [0.25, 0.3) is 5.91 Å². The monoisotopic (exact) mass is 349 g/mol. The summed E-state index contributed by atoms with van der Waals surface area (Å²) in [6, 6.07) is 5.50. The molecule has 3 aliphatic rings. The maximum absolute atomic E-state index is 12.7. The molecule has 3 aliphatic heterocycles. The molecule has 0 bridgehead atoms. The summed E-state index contributed by atoms with van der Waals surface area (Å²) in [5, 5.41) is 0. The molecule has 0 aromatic heterocycles. The Kier molecular flexibility index (Phi) is 4.35. The number of thioether (sulfide) groups is 1. The molecular weight excluding hydrogens is 326 g/mol. The summed E-state index contributed by atoms with van der Waals surface area (Å²) >= 11 is 1.96. The maximum atomic E-state index is 12.7. The fourth-order valence-electron chi connectivity index (χ4n) is 3.64. The number of rotatable bonds is 3. The van der Waals surface area contributed by atoms with Gasteiger partial charge in [-0.25, -0.2) is 0 Å². The molecule has 6 heteroatoms. The highest BCUT2D eigenvalue weighted by Crippen LogP contribution is 2.46. The van der Waals surface area contributed by atoms with Crippen molar-refractivity contribution in [2.24, 2.45) is 0 Å². The Morgan fingerprint density at radius 2 is 2.12 bits per heavy atom. The zero-order valence-electron chi connectivity index (χ0n) is 14.0. The van der Waals surface area contributed by atoms with E-state index in [-0.39, 0.29) is 10.7 Å². The van der Waals surface area contributed by atoms with E-state index in [1.54, 1.807) is 0 Å². The smallest absolute Gasteiger partial charge is 0.254 e. The number of ether oxygens (including phenoxy) is 3. The van der Waals surface area contributed by atoms with Crippen molar-refractivity contribution in [1.29, 1.82) is 0 Å². The number of hydrogen-bond acceptors (Lipinski definition) is 5. The lowest BCUT2D eigenvalue weighted by atomic mass is 9.92. The van der Waals surface area contributed by atoms with E-state index in [9.17, 15) is 4.79 Å². The van der Waals surface area contributed by atoms with Gasteiger partial charge < -0.3 is 19.1 Å². The minimum atomic E-state index is 0.0803. The molecular formula is C18H23NO4S. The minimum Gasteiger partial charge on any atom is -0.490 e. The molecule has 0 radical (unpaired) electrons. The van der Waals surface area contributed by atoms with Crippen molar-refractivity contribution in [2.75, 3.05) is 38.7 Å². The van der Waals surface area contributed by atoms with Crippen LogP contribution in [0.25, 0.3) is 0 Å². The number of amides is 1. The summed E-state index contributed by atoms with van der Waals surface area (Å²) in [6.45, 7) is 5.72. The lowest BCUT2D eigenvalue weighted by Gasteiger charge is -2.47. The molecule has 0 aliphatic carbocycles. The Labute approximate surface area is 146 Å². The van der Waals surface area contributed by atoms with Crippen LogP contribution < -0.4 is 9.47 Å². The van der Waals surface area contributed by atoms with E-state index in [0.29, 0.717) is 30.6 Å². The predicted molar refractivity (Wildman–Crippen MR) is 93.2 cm³/mol. The first kappa shape index (κ1) is 16.1. The van der Waals surface area contributed by atoms with Crippen molar-refractivity contribution >= 4 is 17.7 Å². The summed E-state index contributed by atoms with van der Waals surface area (Å²) in [6.07, 6.45) is 2.26. The molecule has 2 fully saturated rings. The number of carbonyl (C=O) groups is 1. The Hall–Kier alpha value is -1.40. The Balaban J connectivity index is 1.40. The molecule has 130 valence electrons. The van der Waals surface area contributed by atoms with Crippen molar-refractivity contribution in [2.45, 2.75) is 30.6 Å². The van der Waals surface area contributed by atoms with E-state index in [0.717, 1.165) is 44.0 Å². The third-order valence-corrected chi connectivity index (χ3v) is 6.39. The first-order valence-electron chi connectivity index (χ1n) is 8.64. The fraction of sp³-hybridized carbons (Fsp3) is 0.611. The Bertz CT molecular complexity index is 629. The SMILES string of the molecule is CCOC1CSC2(C1)CN(C(=O)c1ccc3c(c1)OCCCO3)C2. The molecule has 24 heavy (non-hydrogen) atoms. The van der Waals surface area contributed by atoms with Crippen LogP contribution in [0.1, 0.15) is 30.1 Å². The zero-order chi connectivity index (χ0) is 16.6. The highest BCUT2D eigenvalue weighted by atomic mass is 32.2. The maximum Gasteiger partial charge on any atom is 0.254 e. The summed E-state index contributed by atoms with van der Waals surface area (Å²) in [7, 11) is 0. The number of nitrogens with zero attached hydrogens (tertiary/aromatic N) is 1. The van der Waals surface area contributed by atoms with Gasteiger partial charge in [0.15, 0.2) is 11.5 Å². The molecule has 1 aromatic carbocycles. The van der Waals surface area contributed by atoms with Crippen LogP contribution in [0.15, 0.2) is 18.2 Å². The van der Waals surface area contributed by atoms with Gasteiger partial charge in [-0.15, -0.1) is 11.8 Å². The van der Waals surface area contributed by atoms with E-state index < -0.39 is 0 Å². The summed E-state index contributed by atoms with van der Waals surface area (Å²) in [5.74, 6) is 2.53. The summed E-state index contributed by atoms with van der Waals surface area (Å²) in [4.78, 5) is 14.7. The second-order valence-corrected chi connectivity index (χ2v) is 8.14. The van der Waals surface area contributed by atoms with E-state index >= 15 is 0 Å². The molecule has 1 aromatic rings. The topological polar surface area (TPSA) is 48.0 Å². The molecule has 0 N–H and O–H groups in total. The second kappa shape index (κ2) is 6.48. The largest absolute Gasteiger partial charge is 0.490 e. The van der Waals surface area contributed by atoms with Crippen LogP contribution in [0, 0.1) is 0 Å². The first-order valence-corrected chi connectivity index (χ1v) is 9.62. The van der Waals surface area contributed by atoms with Crippen molar-refractivity contribution in [3.63, 3.8) is 0 Å². The van der Waals surface area contributed by atoms with Gasteiger partial charge in [-0.05, 0) is 31.5 Å². The molecule has 1 spiro atoms. The highest BCUT2D eigenvalue weighted by molar-refractivity contribution is 8.01. The van der Waals surface area contributed by atoms with Crippen LogP contribution in [-0.2, 0) is 4.74 Å². The number of benzene rings is 1. The quantitative estimate of drug-likeness (QED) is 0.839. The van der Waals surface area contributed by atoms with E-state index in [1.165, 1.54) is 0 Å². The van der Waals surface area contributed by atoms with Gasteiger partial charge in [-0.2, -0.15) is 0 Å². The lowest BCUT2D eigenvalue weighted by Crippen LogP contribution is -2.60. The normalized spacial score (nSPS) is 24.5. The lowest BCUT2D eigenvalue weighted by molar-refractivity contribution is 0.0359. The van der Waals surface area contributed by atoms with Gasteiger partial charge in [-0.3, -0.25) is 4.79 Å². The fourth-order valence-corrected chi connectivity index (χ4v) is 5.19. The van der Waals surface area contributed by atoms with Crippen LogP contribution in [0.5, 0.6) is 11.5 Å². The van der Waals surface area contributed by atoms with Crippen molar-refractivity contribution in [3.05, 3.63) is 23.8 Å². The van der Waals surface area contributed by atoms with E-state index in [1.807, 2.05) is 41.8 Å². The van der Waals surface area contributed by atoms with Crippen LogP contribution >= 0.6 is 11.8 Å². The molecule has 0 saturated carbocycles. The average molecular weight is 349 g/mol. The predicted octanol–water partition coefficient (Wildman–Crippen LogP) is 2.58. The number of hydrogen-bond donors (Lipinski definition) is 0. The van der Waals surface area contributed by atoms with E-state index in [2.05, 4.69) is 0 Å². The summed E-state index contributed by atoms with van der Waals surface area (Å²) in [5.41, 5.74) is 0.679.